The second-order valence-corrected chi connectivity index (χ2v) is 10.1. The zero-order valence-electron chi connectivity index (χ0n) is 23.0. The Hall–Kier alpha value is -3.81. The van der Waals surface area contributed by atoms with E-state index in [1.165, 1.54) is 0 Å². The van der Waals surface area contributed by atoms with E-state index in [0.29, 0.717) is 59.4 Å². The first-order valence-electron chi connectivity index (χ1n) is 13.7. The van der Waals surface area contributed by atoms with Crippen LogP contribution in [-0.2, 0) is 6.61 Å². The Kier molecular flexibility index (Phi) is 8.43. The maximum Gasteiger partial charge on any atom is 0.290 e. The van der Waals surface area contributed by atoms with E-state index in [1.54, 1.807) is 23.1 Å². The molecule has 8 heteroatoms. The molecule has 0 N–H and O–H groups in total. The lowest BCUT2D eigenvalue weighted by Crippen LogP contribution is -2.37. The highest BCUT2D eigenvalue weighted by Crippen LogP contribution is 2.41. The highest BCUT2D eigenvalue weighted by Gasteiger charge is 2.43. The molecule has 1 aromatic heterocycles. The summed E-state index contributed by atoms with van der Waals surface area (Å²) in [4.78, 5) is 31.6. The highest BCUT2D eigenvalue weighted by atomic mass is 35.5. The third-order valence-electron chi connectivity index (χ3n) is 7.30. The predicted octanol–water partition coefficient (Wildman–Crippen LogP) is 6.31. The number of amides is 1. The first-order chi connectivity index (χ1) is 19.4. The number of likely N-dealkylation sites (N-methyl/N-ethyl adjacent to an activating group) is 1. The van der Waals surface area contributed by atoms with Crippen molar-refractivity contribution >= 4 is 28.5 Å². The Bertz CT molecular complexity index is 1570. The molecule has 0 aliphatic carbocycles. The van der Waals surface area contributed by atoms with Crippen molar-refractivity contribution in [1.29, 1.82) is 0 Å². The zero-order chi connectivity index (χ0) is 28.2. The van der Waals surface area contributed by atoms with Crippen molar-refractivity contribution in [3.05, 3.63) is 104 Å². The van der Waals surface area contributed by atoms with E-state index in [4.69, 9.17) is 25.5 Å². The van der Waals surface area contributed by atoms with Crippen molar-refractivity contribution in [2.24, 2.45) is 0 Å². The second kappa shape index (κ2) is 12.1. The van der Waals surface area contributed by atoms with Crippen LogP contribution in [0.1, 0.15) is 54.1 Å². The lowest BCUT2D eigenvalue weighted by molar-refractivity contribution is 0.0708. The Balaban J connectivity index is 1.58. The van der Waals surface area contributed by atoms with Crippen molar-refractivity contribution in [2.45, 2.75) is 33.4 Å². The van der Waals surface area contributed by atoms with Gasteiger partial charge in [0.1, 0.15) is 12.2 Å². The summed E-state index contributed by atoms with van der Waals surface area (Å²) in [7, 11) is 0. The molecule has 208 valence electrons. The molecule has 3 aromatic carbocycles. The van der Waals surface area contributed by atoms with E-state index in [0.717, 1.165) is 24.2 Å². The van der Waals surface area contributed by atoms with E-state index < -0.39 is 6.04 Å². The van der Waals surface area contributed by atoms with Gasteiger partial charge >= 0.3 is 0 Å². The molecule has 1 aliphatic heterocycles. The minimum atomic E-state index is -0.639. The number of ether oxygens (including phenoxy) is 2. The van der Waals surface area contributed by atoms with Crippen molar-refractivity contribution in [3.63, 3.8) is 0 Å². The zero-order valence-corrected chi connectivity index (χ0v) is 23.7. The fourth-order valence-corrected chi connectivity index (χ4v) is 5.35. The smallest absolute Gasteiger partial charge is 0.290 e. The summed E-state index contributed by atoms with van der Waals surface area (Å²) in [6, 6.07) is 19.7. The molecule has 2 heterocycles. The van der Waals surface area contributed by atoms with Crippen LogP contribution in [0.15, 0.2) is 75.9 Å². The van der Waals surface area contributed by atoms with E-state index in [2.05, 4.69) is 18.7 Å². The van der Waals surface area contributed by atoms with Crippen molar-refractivity contribution in [2.75, 3.05) is 32.8 Å². The van der Waals surface area contributed by atoms with E-state index >= 15 is 0 Å². The van der Waals surface area contributed by atoms with E-state index in [1.807, 2.05) is 55.5 Å². The van der Waals surface area contributed by atoms with Crippen LogP contribution in [0.3, 0.4) is 0 Å². The van der Waals surface area contributed by atoms with Crippen LogP contribution >= 0.6 is 11.6 Å². The molecule has 0 spiro atoms. The second-order valence-electron chi connectivity index (χ2n) is 9.66. The number of hydrogen-bond donors (Lipinski definition) is 0. The molecular formula is C32H33ClN2O5. The van der Waals surface area contributed by atoms with Gasteiger partial charge in [-0.3, -0.25) is 9.59 Å². The average Bonchev–Trinajstić information content (AvgIpc) is 3.25. The standard InChI is InChI=1S/C32H33ClN2O5/c1-4-34(5-2)16-17-35-29(28-30(36)24-19-23(33)13-15-25(24)40-31(28)32(35)37)22-12-14-26(27(18-22)38-6-3)39-20-21-10-8-7-9-11-21/h7-15,18-19,29H,4-6,16-17,20H2,1-3H3. The number of rotatable bonds is 11. The summed E-state index contributed by atoms with van der Waals surface area (Å²) in [6.07, 6.45) is 0. The molecule has 7 nitrogen and oxygen atoms in total. The average molecular weight is 561 g/mol. The molecule has 0 bridgehead atoms. The molecule has 0 saturated heterocycles. The number of benzene rings is 3. The molecule has 1 unspecified atom stereocenters. The lowest BCUT2D eigenvalue weighted by atomic mass is 9.98. The summed E-state index contributed by atoms with van der Waals surface area (Å²) in [5.74, 6) is 0.912. The van der Waals surface area contributed by atoms with Gasteiger partial charge in [-0.05, 0) is 61.5 Å². The summed E-state index contributed by atoms with van der Waals surface area (Å²) in [5, 5.41) is 0.778. The molecule has 5 rings (SSSR count). The van der Waals surface area contributed by atoms with Crippen LogP contribution in [0.25, 0.3) is 11.0 Å². The van der Waals surface area contributed by atoms with E-state index in [-0.39, 0.29) is 17.1 Å². The number of carbonyl (C=O) groups excluding carboxylic acids is 1. The molecule has 1 aliphatic rings. The van der Waals surface area contributed by atoms with Gasteiger partial charge in [0.15, 0.2) is 16.9 Å². The molecule has 1 amide bonds. The Morgan fingerprint density at radius 3 is 2.42 bits per heavy atom. The number of fused-ring (bicyclic) bond motifs is 2. The van der Waals surface area contributed by atoms with Gasteiger partial charge in [0.05, 0.1) is 23.6 Å². The first-order valence-corrected chi connectivity index (χ1v) is 14.1. The van der Waals surface area contributed by atoms with Gasteiger partial charge < -0.3 is 23.7 Å². The molecule has 4 aromatic rings. The Morgan fingerprint density at radius 1 is 0.925 bits per heavy atom. The maximum atomic E-state index is 13.9. The number of carbonyl (C=O) groups is 1. The fraction of sp³-hybridized carbons (Fsp3) is 0.312. The molecule has 40 heavy (non-hydrogen) atoms. The number of hydrogen-bond acceptors (Lipinski definition) is 6. The van der Waals surface area contributed by atoms with Crippen LogP contribution in [0.2, 0.25) is 5.02 Å². The topological polar surface area (TPSA) is 72.2 Å². The molecular weight excluding hydrogens is 528 g/mol. The molecule has 1 atom stereocenters. The third kappa shape index (κ3) is 5.44. The Morgan fingerprint density at radius 2 is 1.70 bits per heavy atom. The molecule has 0 fully saturated rings. The summed E-state index contributed by atoms with van der Waals surface area (Å²) in [5.41, 5.74) is 2.18. The van der Waals surface area contributed by atoms with Crippen LogP contribution in [0, 0.1) is 0 Å². The van der Waals surface area contributed by atoms with Crippen LogP contribution < -0.4 is 14.9 Å². The summed E-state index contributed by atoms with van der Waals surface area (Å²) < 4.78 is 18.1. The monoisotopic (exact) mass is 560 g/mol. The predicted molar refractivity (Wildman–Crippen MR) is 157 cm³/mol. The highest BCUT2D eigenvalue weighted by molar-refractivity contribution is 6.31. The third-order valence-corrected chi connectivity index (χ3v) is 7.53. The minimum Gasteiger partial charge on any atom is -0.490 e. The van der Waals surface area contributed by atoms with Gasteiger partial charge in [-0.15, -0.1) is 0 Å². The number of nitrogens with zero attached hydrogens (tertiary/aromatic N) is 2. The fourth-order valence-electron chi connectivity index (χ4n) is 5.18. The van der Waals surface area contributed by atoms with Gasteiger partial charge in [-0.1, -0.05) is 61.8 Å². The number of halogens is 1. The maximum absolute atomic E-state index is 13.9. The largest absolute Gasteiger partial charge is 0.490 e. The SMILES string of the molecule is CCOc1cc(C2c3c(oc4ccc(Cl)cc4c3=O)C(=O)N2CCN(CC)CC)ccc1OCc1ccccc1. The molecule has 0 saturated carbocycles. The van der Waals surface area contributed by atoms with Crippen LogP contribution in [0.4, 0.5) is 0 Å². The quantitative estimate of drug-likeness (QED) is 0.214. The normalized spacial score (nSPS) is 14.7. The van der Waals surface area contributed by atoms with Crippen LogP contribution in [-0.4, -0.2) is 48.5 Å². The van der Waals surface area contributed by atoms with Crippen molar-refractivity contribution in [1.82, 2.24) is 9.80 Å². The first kappa shape index (κ1) is 27.7. The minimum absolute atomic E-state index is 0.0757. The lowest BCUT2D eigenvalue weighted by Gasteiger charge is -2.28. The van der Waals surface area contributed by atoms with E-state index in [9.17, 15) is 9.59 Å². The summed E-state index contributed by atoms with van der Waals surface area (Å²) in [6.45, 7) is 9.72. The van der Waals surface area contributed by atoms with Gasteiger partial charge in [0.2, 0.25) is 5.76 Å². The van der Waals surface area contributed by atoms with Gasteiger partial charge in [-0.2, -0.15) is 0 Å². The van der Waals surface area contributed by atoms with Gasteiger partial charge in [0, 0.05) is 18.1 Å². The van der Waals surface area contributed by atoms with Gasteiger partial charge in [0.25, 0.3) is 5.91 Å². The van der Waals surface area contributed by atoms with Crippen LogP contribution in [0.5, 0.6) is 11.5 Å². The van der Waals surface area contributed by atoms with Gasteiger partial charge in [-0.25, -0.2) is 0 Å². The van der Waals surface area contributed by atoms with Crippen molar-refractivity contribution in [3.8, 4) is 11.5 Å². The van der Waals surface area contributed by atoms with Crippen molar-refractivity contribution < 1.29 is 18.7 Å². The molecule has 0 radical (unpaired) electrons. The summed E-state index contributed by atoms with van der Waals surface area (Å²) >= 11 is 6.22. The Labute approximate surface area is 238 Å².